The monoisotopic (exact) mass is 422 g/mol. The predicted molar refractivity (Wildman–Crippen MR) is 87.5 cm³/mol. The van der Waals surface area contributed by atoms with Crippen molar-refractivity contribution in [2.75, 3.05) is 0 Å². The molecule has 2 nitrogen and oxygen atoms in total. The molecule has 1 atom stereocenters. The quantitative estimate of drug-likeness (QED) is 0.533. The third kappa shape index (κ3) is 3.51. The molecule has 6 heteroatoms. The molecule has 0 spiro atoms. The molecule has 3 N–H and O–H groups in total. The van der Waals surface area contributed by atoms with Gasteiger partial charge in [-0.3, -0.25) is 5.84 Å². The molecular weight excluding hydrogens is 415 g/mol. The number of rotatable bonds is 3. The van der Waals surface area contributed by atoms with Crippen molar-refractivity contribution in [3.8, 4) is 0 Å². The third-order valence-corrected chi connectivity index (χ3v) is 4.50. The van der Waals surface area contributed by atoms with Gasteiger partial charge in [0.05, 0.1) is 6.04 Å². The minimum atomic E-state index is -0.252. The molecule has 0 saturated carbocycles. The van der Waals surface area contributed by atoms with Crippen LogP contribution in [0.5, 0.6) is 0 Å². The summed E-state index contributed by atoms with van der Waals surface area (Å²) in [5, 5.41) is 1.23. The second-order valence-corrected chi connectivity index (χ2v) is 6.54. The maximum atomic E-state index is 6.23. The molecule has 0 fully saturated rings. The second-order valence-electron chi connectivity index (χ2n) is 3.93. The number of hydrazine groups is 1. The van der Waals surface area contributed by atoms with Gasteiger partial charge in [0.1, 0.15) is 0 Å². The summed E-state index contributed by atoms with van der Waals surface area (Å²) in [5.41, 5.74) is 4.58. The van der Waals surface area contributed by atoms with Gasteiger partial charge in [0.2, 0.25) is 0 Å². The smallest absolute Gasteiger partial charge is 0.0736 e. The van der Waals surface area contributed by atoms with E-state index >= 15 is 0 Å². The molecule has 2 aromatic rings. The molecular formula is C13H10Br2Cl2N2. The average Bonchev–Trinajstić information content (AvgIpc) is 2.38. The largest absolute Gasteiger partial charge is 0.271 e. The van der Waals surface area contributed by atoms with Gasteiger partial charge in [-0.15, -0.1) is 0 Å². The molecule has 0 aromatic heterocycles. The van der Waals surface area contributed by atoms with E-state index in [0.29, 0.717) is 10.0 Å². The number of hydrogen-bond donors (Lipinski definition) is 2. The zero-order chi connectivity index (χ0) is 14.0. The van der Waals surface area contributed by atoms with E-state index in [1.54, 1.807) is 12.1 Å². The maximum Gasteiger partial charge on any atom is 0.0736 e. The fraction of sp³-hybridized carbons (Fsp3) is 0.0769. The van der Waals surface area contributed by atoms with Crippen molar-refractivity contribution in [1.29, 1.82) is 0 Å². The number of nitrogens with two attached hydrogens (primary N) is 1. The first-order valence-corrected chi connectivity index (χ1v) is 7.73. The summed E-state index contributed by atoms with van der Waals surface area (Å²) in [6.07, 6.45) is 0. The van der Waals surface area contributed by atoms with Crippen molar-refractivity contribution in [2.45, 2.75) is 6.04 Å². The van der Waals surface area contributed by atoms with E-state index in [1.807, 2.05) is 24.3 Å². The highest BCUT2D eigenvalue weighted by Gasteiger charge is 2.18. The molecule has 19 heavy (non-hydrogen) atoms. The van der Waals surface area contributed by atoms with E-state index < -0.39 is 0 Å². The van der Waals surface area contributed by atoms with Crippen LogP contribution >= 0.6 is 55.1 Å². The molecule has 100 valence electrons. The summed E-state index contributed by atoms with van der Waals surface area (Å²) in [5.74, 6) is 5.69. The van der Waals surface area contributed by atoms with Gasteiger partial charge in [0, 0.05) is 19.0 Å². The summed E-state index contributed by atoms with van der Waals surface area (Å²) in [6.45, 7) is 0. The highest BCUT2D eigenvalue weighted by Crippen LogP contribution is 2.34. The Bertz CT molecular complexity index is 554. The van der Waals surface area contributed by atoms with Crippen LogP contribution in [0.4, 0.5) is 0 Å². The first-order valence-electron chi connectivity index (χ1n) is 5.39. The Morgan fingerprint density at radius 1 is 1.00 bits per heavy atom. The van der Waals surface area contributed by atoms with Crippen LogP contribution in [0.3, 0.4) is 0 Å². The Morgan fingerprint density at radius 2 is 1.74 bits per heavy atom. The highest BCUT2D eigenvalue weighted by molar-refractivity contribution is 9.11. The number of hydrogen-bond acceptors (Lipinski definition) is 2. The van der Waals surface area contributed by atoms with E-state index in [-0.39, 0.29) is 6.04 Å². The first kappa shape index (κ1) is 15.3. The van der Waals surface area contributed by atoms with Crippen molar-refractivity contribution in [1.82, 2.24) is 5.43 Å². The Kier molecular flexibility index (Phi) is 5.29. The van der Waals surface area contributed by atoms with E-state index in [0.717, 1.165) is 20.1 Å². The van der Waals surface area contributed by atoms with Crippen LogP contribution in [0, 0.1) is 0 Å². The number of nitrogens with one attached hydrogen (secondary N) is 1. The Morgan fingerprint density at radius 3 is 2.42 bits per heavy atom. The van der Waals surface area contributed by atoms with Crippen molar-refractivity contribution < 1.29 is 0 Å². The normalized spacial score (nSPS) is 12.5. The summed E-state index contributed by atoms with van der Waals surface area (Å²) < 4.78 is 1.90. The van der Waals surface area contributed by atoms with Gasteiger partial charge in [-0.25, -0.2) is 5.43 Å². The van der Waals surface area contributed by atoms with Crippen LogP contribution in [0.15, 0.2) is 45.3 Å². The lowest BCUT2D eigenvalue weighted by atomic mass is 9.99. The van der Waals surface area contributed by atoms with Gasteiger partial charge in [0.15, 0.2) is 0 Å². The van der Waals surface area contributed by atoms with Gasteiger partial charge < -0.3 is 0 Å². The molecule has 0 heterocycles. The van der Waals surface area contributed by atoms with E-state index in [1.165, 1.54) is 0 Å². The van der Waals surface area contributed by atoms with Crippen LogP contribution in [0.2, 0.25) is 10.0 Å². The van der Waals surface area contributed by atoms with E-state index in [9.17, 15) is 0 Å². The van der Waals surface area contributed by atoms with E-state index in [2.05, 4.69) is 37.3 Å². The molecule has 0 aliphatic carbocycles. The maximum absolute atomic E-state index is 6.23. The fourth-order valence-corrected chi connectivity index (χ4v) is 3.08. The molecule has 1 unspecified atom stereocenters. The minimum absolute atomic E-state index is 0.252. The highest BCUT2D eigenvalue weighted by atomic mass is 79.9. The van der Waals surface area contributed by atoms with Crippen LogP contribution in [0.25, 0.3) is 0 Å². The minimum Gasteiger partial charge on any atom is -0.271 e. The van der Waals surface area contributed by atoms with Crippen LogP contribution in [0.1, 0.15) is 17.2 Å². The molecule has 0 aliphatic rings. The zero-order valence-electron chi connectivity index (χ0n) is 9.63. The topological polar surface area (TPSA) is 38.0 Å². The van der Waals surface area contributed by atoms with E-state index in [4.69, 9.17) is 29.0 Å². The lowest BCUT2D eigenvalue weighted by molar-refractivity contribution is 0.634. The number of halogens is 4. The van der Waals surface area contributed by atoms with Gasteiger partial charge in [-0.05, 0) is 47.5 Å². The molecule has 0 aliphatic heterocycles. The molecule has 0 saturated heterocycles. The summed E-state index contributed by atoms with van der Waals surface area (Å²) in [4.78, 5) is 0. The summed E-state index contributed by atoms with van der Waals surface area (Å²) in [6, 6.07) is 10.9. The predicted octanol–water partition coefficient (Wildman–Crippen LogP) is 5.07. The lowest BCUT2D eigenvalue weighted by Gasteiger charge is -2.20. The molecule has 2 aromatic carbocycles. The van der Waals surface area contributed by atoms with Crippen LogP contribution in [-0.2, 0) is 0 Å². The third-order valence-electron chi connectivity index (χ3n) is 2.70. The first-order chi connectivity index (χ1) is 9.02. The molecule has 0 bridgehead atoms. The van der Waals surface area contributed by atoms with Crippen LogP contribution in [-0.4, -0.2) is 0 Å². The number of benzene rings is 2. The Hall–Kier alpha value is -0.100. The van der Waals surface area contributed by atoms with Gasteiger partial charge in [0.25, 0.3) is 0 Å². The van der Waals surface area contributed by atoms with Crippen LogP contribution < -0.4 is 11.3 Å². The van der Waals surface area contributed by atoms with Gasteiger partial charge >= 0.3 is 0 Å². The SMILES string of the molecule is NNC(c1cc(Cl)ccc1Cl)c1cc(Br)ccc1Br. The second kappa shape index (κ2) is 6.57. The fourth-order valence-electron chi connectivity index (χ4n) is 1.82. The molecule has 0 amide bonds. The van der Waals surface area contributed by atoms with Gasteiger partial charge in [-0.1, -0.05) is 55.1 Å². The molecule has 0 radical (unpaired) electrons. The van der Waals surface area contributed by atoms with Gasteiger partial charge in [-0.2, -0.15) is 0 Å². The van der Waals surface area contributed by atoms with Crippen molar-refractivity contribution in [3.05, 3.63) is 66.5 Å². The lowest BCUT2D eigenvalue weighted by Crippen LogP contribution is -2.29. The van der Waals surface area contributed by atoms with Crippen molar-refractivity contribution in [3.63, 3.8) is 0 Å². The summed E-state index contributed by atoms with van der Waals surface area (Å²) in [7, 11) is 0. The average molecular weight is 425 g/mol. The zero-order valence-corrected chi connectivity index (χ0v) is 14.3. The molecule has 2 rings (SSSR count). The Balaban J connectivity index is 2.55. The standard InChI is InChI=1S/C13H10Br2Cl2N2/c14-7-1-3-11(15)9(5-7)13(19-18)10-6-8(16)2-4-12(10)17/h1-6,13,19H,18H2. The Labute approximate surface area is 138 Å². The summed E-state index contributed by atoms with van der Waals surface area (Å²) >= 11 is 19.2. The van der Waals surface area contributed by atoms with Crippen molar-refractivity contribution >= 4 is 55.1 Å². The van der Waals surface area contributed by atoms with Crippen molar-refractivity contribution in [2.24, 2.45) is 5.84 Å².